The molecule has 28 heavy (non-hydrogen) atoms. The van der Waals surface area contributed by atoms with Crippen LogP contribution >= 0.6 is 0 Å². The molecule has 4 rings (SSSR count). The molecule has 3 aromatic rings. The van der Waals surface area contributed by atoms with Crippen molar-refractivity contribution in [3.05, 3.63) is 65.2 Å². The Morgan fingerprint density at radius 3 is 2.68 bits per heavy atom. The first-order valence-corrected chi connectivity index (χ1v) is 8.90. The van der Waals surface area contributed by atoms with Crippen LogP contribution in [0.25, 0.3) is 5.82 Å². The fourth-order valence-electron chi connectivity index (χ4n) is 2.92. The molecular formula is C19H19N5O4. The third kappa shape index (κ3) is 3.59. The van der Waals surface area contributed by atoms with Gasteiger partial charge in [0.25, 0.3) is 11.5 Å². The molecule has 1 aliphatic rings. The van der Waals surface area contributed by atoms with E-state index in [4.69, 9.17) is 9.47 Å². The Hall–Kier alpha value is -3.62. The summed E-state index contributed by atoms with van der Waals surface area (Å²) >= 11 is 0. The number of nitrogens with one attached hydrogen (secondary N) is 1. The van der Waals surface area contributed by atoms with Gasteiger partial charge < -0.3 is 14.8 Å². The Balaban J connectivity index is 1.38. The van der Waals surface area contributed by atoms with Gasteiger partial charge in [-0.15, -0.1) is 5.10 Å². The fourth-order valence-corrected chi connectivity index (χ4v) is 2.92. The fraction of sp³-hybridized carbons (Fsp3) is 0.263. The van der Waals surface area contributed by atoms with Gasteiger partial charge in [-0.1, -0.05) is 12.1 Å². The van der Waals surface area contributed by atoms with Crippen molar-refractivity contribution in [1.82, 2.24) is 24.9 Å². The average molecular weight is 381 g/mol. The van der Waals surface area contributed by atoms with Gasteiger partial charge in [0.1, 0.15) is 6.10 Å². The van der Waals surface area contributed by atoms with Crippen molar-refractivity contribution in [2.45, 2.75) is 25.7 Å². The molecule has 144 valence electrons. The summed E-state index contributed by atoms with van der Waals surface area (Å²) in [5, 5.41) is 11.1. The minimum absolute atomic E-state index is 0.220. The van der Waals surface area contributed by atoms with Crippen LogP contribution in [0.15, 0.2) is 59.7 Å². The largest absolute Gasteiger partial charge is 0.482 e. The molecule has 0 bridgehead atoms. The topological polar surface area (TPSA) is 100 Å². The zero-order chi connectivity index (χ0) is 19.5. The van der Waals surface area contributed by atoms with Crippen LogP contribution in [0.5, 0.6) is 11.5 Å². The van der Waals surface area contributed by atoms with Gasteiger partial charge in [-0.25, -0.2) is 9.36 Å². The minimum Gasteiger partial charge on any atom is -0.482 e. The highest BCUT2D eigenvalue weighted by Gasteiger charge is 2.33. The number of aromatic nitrogens is 4. The van der Waals surface area contributed by atoms with Gasteiger partial charge in [0.15, 0.2) is 17.3 Å². The van der Waals surface area contributed by atoms with Crippen LogP contribution < -0.4 is 20.3 Å². The molecule has 3 heterocycles. The Labute approximate surface area is 160 Å². The van der Waals surface area contributed by atoms with Crippen molar-refractivity contribution in [3.63, 3.8) is 0 Å². The maximum Gasteiger partial charge on any atom is 0.266 e. The number of rotatable bonds is 5. The zero-order valence-electron chi connectivity index (χ0n) is 15.2. The summed E-state index contributed by atoms with van der Waals surface area (Å²) < 4.78 is 14.4. The van der Waals surface area contributed by atoms with Crippen LogP contribution in [0.4, 0.5) is 0 Å². The quantitative estimate of drug-likeness (QED) is 0.701. The number of benzene rings is 1. The highest BCUT2D eigenvalue weighted by molar-refractivity contribution is 5.82. The summed E-state index contributed by atoms with van der Waals surface area (Å²) in [5.41, 5.74) is -0.260. The van der Waals surface area contributed by atoms with E-state index in [0.29, 0.717) is 17.3 Å². The summed E-state index contributed by atoms with van der Waals surface area (Å²) in [4.78, 5) is 24.5. The highest BCUT2D eigenvalue weighted by atomic mass is 16.6. The van der Waals surface area contributed by atoms with Gasteiger partial charge in [0, 0.05) is 25.0 Å². The van der Waals surface area contributed by atoms with Crippen LogP contribution in [0, 0.1) is 0 Å². The van der Waals surface area contributed by atoms with Crippen LogP contribution in [0.3, 0.4) is 0 Å². The maximum absolute atomic E-state index is 12.5. The second kappa shape index (κ2) is 7.55. The van der Waals surface area contributed by atoms with Crippen molar-refractivity contribution in [2.24, 2.45) is 0 Å². The predicted octanol–water partition coefficient (Wildman–Crippen LogP) is 0.774. The Morgan fingerprint density at radius 1 is 1.14 bits per heavy atom. The summed E-state index contributed by atoms with van der Waals surface area (Å²) in [6.45, 7) is 2.22. The summed E-state index contributed by atoms with van der Waals surface area (Å²) in [6.07, 6.45) is 2.16. The molecule has 0 saturated heterocycles. The number of hydrogen-bond donors (Lipinski definition) is 1. The van der Waals surface area contributed by atoms with Gasteiger partial charge in [0.05, 0.1) is 6.54 Å². The molecule has 1 amide bonds. The lowest BCUT2D eigenvalue weighted by atomic mass is 10.1. The standard InChI is InChI=1S/C19H19N5O4/c1-13-18(28-15-6-3-2-5-14(15)27-13)19(26)20-10-12-24-17(25)8-7-16(22-24)23-11-4-9-21-23/h2-9,11,13,18H,10,12H2,1H3,(H,20,26)/t13-,18-/m0/s1. The number of amides is 1. The van der Waals surface area contributed by atoms with E-state index in [0.717, 1.165) is 0 Å². The van der Waals surface area contributed by atoms with Gasteiger partial charge in [0.2, 0.25) is 6.10 Å². The molecule has 0 saturated carbocycles. The van der Waals surface area contributed by atoms with E-state index in [9.17, 15) is 9.59 Å². The minimum atomic E-state index is -0.769. The molecular weight excluding hydrogens is 362 g/mol. The normalized spacial score (nSPS) is 17.9. The summed E-state index contributed by atoms with van der Waals surface area (Å²) in [6, 6.07) is 12.0. The number of hydrogen-bond acceptors (Lipinski definition) is 6. The number of para-hydroxylation sites is 2. The SMILES string of the molecule is C[C@@H]1Oc2ccccc2O[C@@H]1C(=O)NCCn1nc(-n2cccn2)ccc1=O. The van der Waals surface area contributed by atoms with Crippen LogP contribution in [-0.2, 0) is 11.3 Å². The number of ether oxygens (including phenoxy) is 2. The molecule has 2 atom stereocenters. The first-order valence-electron chi connectivity index (χ1n) is 8.90. The van der Waals surface area contributed by atoms with Crippen molar-refractivity contribution in [3.8, 4) is 17.3 Å². The van der Waals surface area contributed by atoms with Crippen LogP contribution in [-0.4, -0.2) is 44.2 Å². The lowest BCUT2D eigenvalue weighted by molar-refractivity contribution is -0.133. The van der Waals surface area contributed by atoms with E-state index in [2.05, 4.69) is 15.5 Å². The van der Waals surface area contributed by atoms with Gasteiger partial charge in [-0.3, -0.25) is 9.59 Å². The Kier molecular flexibility index (Phi) is 4.79. The van der Waals surface area contributed by atoms with Gasteiger partial charge >= 0.3 is 0 Å². The molecule has 0 spiro atoms. The number of carbonyl (C=O) groups excluding carboxylic acids is 1. The van der Waals surface area contributed by atoms with E-state index in [1.165, 1.54) is 10.7 Å². The molecule has 1 aliphatic heterocycles. The number of fused-ring (bicyclic) bond motifs is 1. The first kappa shape index (κ1) is 17.8. The smallest absolute Gasteiger partial charge is 0.266 e. The monoisotopic (exact) mass is 381 g/mol. The molecule has 0 unspecified atom stereocenters. The van der Waals surface area contributed by atoms with Crippen molar-refractivity contribution in [1.29, 1.82) is 0 Å². The summed E-state index contributed by atoms with van der Waals surface area (Å²) in [5.74, 6) is 1.36. The van der Waals surface area contributed by atoms with Crippen molar-refractivity contribution in [2.75, 3.05) is 6.54 Å². The molecule has 1 aromatic carbocycles. The predicted molar refractivity (Wildman–Crippen MR) is 99.6 cm³/mol. The third-order valence-corrected chi connectivity index (χ3v) is 4.32. The second-order valence-electron chi connectivity index (χ2n) is 6.30. The Morgan fingerprint density at radius 2 is 1.93 bits per heavy atom. The molecule has 0 fully saturated rings. The molecule has 9 nitrogen and oxygen atoms in total. The molecule has 9 heteroatoms. The van der Waals surface area contributed by atoms with Crippen LogP contribution in [0.1, 0.15) is 6.92 Å². The lowest BCUT2D eigenvalue weighted by Gasteiger charge is -2.31. The van der Waals surface area contributed by atoms with E-state index in [-0.39, 0.29) is 24.6 Å². The average Bonchev–Trinajstić information content (AvgIpc) is 3.23. The van der Waals surface area contributed by atoms with E-state index in [1.807, 2.05) is 12.1 Å². The zero-order valence-corrected chi connectivity index (χ0v) is 15.2. The van der Waals surface area contributed by atoms with Gasteiger partial charge in [-0.2, -0.15) is 5.10 Å². The third-order valence-electron chi connectivity index (χ3n) is 4.32. The number of carbonyl (C=O) groups is 1. The van der Waals surface area contributed by atoms with E-state index < -0.39 is 12.2 Å². The molecule has 1 N–H and O–H groups in total. The van der Waals surface area contributed by atoms with Crippen molar-refractivity contribution >= 4 is 5.91 Å². The first-order chi connectivity index (χ1) is 13.6. The second-order valence-corrected chi connectivity index (χ2v) is 6.30. The van der Waals surface area contributed by atoms with Crippen molar-refractivity contribution < 1.29 is 14.3 Å². The molecule has 2 aromatic heterocycles. The maximum atomic E-state index is 12.5. The van der Waals surface area contributed by atoms with Gasteiger partial charge in [-0.05, 0) is 31.2 Å². The van der Waals surface area contributed by atoms with E-state index in [1.54, 1.807) is 48.3 Å². The summed E-state index contributed by atoms with van der Waals surface area (Å²) in [7, 11) is 0. The molecule has 0 radical (unpaired) electrons. The molecule has 0 aliphatic carbocycles. The Bertz CT molecular complexity index is 1030. The lowest BCUT2D eigenvalue weighted by Crippen LogP contribution is -2.49. The van der Waals surface area contributed by atoms with E-state index >= 15 is 0 Å². The highest BCUT2D eigenvalue weighted by Crippen LogP contribution is 2.33. The number of nitrogens with zero attached hydrogens (tertiary/aromatic N) is 4. The van der Waals surface area contributed by atoms with Crippen LogP contribution in [0.2, 0.25) is 0 Å².